The summed E-state index contributed by atoms with van der Waals surface area (Å²) in [6, 6.07) is 3.98. The summed E-state index contributed by atoms with van der Waals surface area (Å²) in [5, 5.41) is 3.07. The maximum Gasteiger partial charge on any atom is 0.267 e. The first kappa shape index (κ1) is 11.2. The largest absolute Gasteiger partial charge is 0.357 e. The second-order valence-electron chi connectivity index (χ2n) is 4.27. The molecule has 1 aliphatic rings. The number of carbonyl (C=O) groups is 1. The Bertz CT molecular complexity index is 326. The molecule has 88 valence electrons. The number of nitrogens with zero attached hydrogens (tertiary/aromatic N) is 1. The summed E-state index contributed by atoms with van der Waals surface area (Å²) in [6.45, 7) is 5.47. The van der Waals surface area contributed by atoms with Gasteiger partial charge in [0.2, 0.25) is 0 Å². The highest BCUT2D eigenvalue weighted by Crippen LogP contribution is 2.10. The Kier molecular flexibility index (Phi) is 3.62. The lowest BCUT2D eigenvalue weighted by molar-refractivity contribution is 0.0908. The zero-order valence-corrected chi connectivity index (χ0v) is 9.70. The first-order valence-electron chi connectivity index (χ1n) is 5.96. The summed E-state index contributed by atoms with van der Waals surface area (Å²) in [5.74, 6) is 0.0138. The smallest absolute Gasteiger partial charge is 0.267 e. The minimum Gasteiger partial charge on any atom is -0.357 e. The number of hydrogen-bond donors (Lipinski definition) is 2. The fraction of sp³-hybridized carbons (Fsp3) is 0.583. The van der Waals surface area contributed by atoms with Gasteiger partial charge in [0.1, 0.15) is 5.69 Å². The lowest BCUT2D eigenvalue weighted by atomic mass is 10.1. The number of piperidine rings is 1. The van der Waals surface area contributed by atoms with Gasteiger partial charge in [0.05, 0.1) is 0 Å². The molecule has 0 atom stereocenters. The fourth-order valence-corrected chi connectivity index (χ4v) is 2.13. The van der Waals surface area contributed by atoms with Crippen LogP contribution in [0.1, 0.15) is 30.3 Å². The summed E-state index contributed by atoms with van der Waals surface area (Å²) < 4.78 is 0. The van der Waals surface area contributed by atoms with Gasteiger partial charge in [0.15, 0.2) is 0 Å². The molecule has 4 heteroatoms. The summed E-state index contributed by atoms with van der Waals surface area (Å²) in [7, 11) is 0. The van der Waals surface area contributed by atoms with Crippen LogP contribution in [0.3, 0.4) is 0 Å². The number of amides is 1. The van der Waals surface area contributed by atoms with E-state index in [1.807, 2.05) is 6.07 Å². The van der Waals surface area contributed by atoms with Crippen LogP contribution in [0.5, 0.6) is 0 Å². The van der Waals surface area contributed by atoms with E-state index in [9.17, 15) is 4.79 Å². The van der Waals surface area contributed by atoms with Crippen LogP contribution in [0.2, 0.25) is 0 Å². The third kappa shape index (κ3) is 2.64. The molecule has 1 amide bonds. The SMILES string of the molecule is CCN1CCC(NC(=O)c2ccc[nH]2)CC1. The van der Waals surface area contributed by atoms with Crippen LogP contribution in [0.25, 0.3) is 0 Å². The van der Waals surface area contributed by atoms with E-state index < -0.39 is 0 Å². The summed E-state index contributed by atoms with van der Waals surface area (Å²) in [4.78, 5) is 17.1. The maximum absolute atomic E-state index is 11.8. The van der Waals surface area contributed by atoms with Gasteiger partial charge in [0.25, 0.3) is 5.91 Å². The molecule has 1 fully saturated rings. The van der Waals surface area contributed by atoms with Gasteiger partial charge in [0, 0.05) is 25.3 Å². The monoisotopic (exact) mass is 221 g/mol. The molecule has 0 bridgehead atoms. The second kappa shape index (κ2) is 5.16. The van der Waals surface area contributed by atoms with Crippen molar-refractivity contribution in [3.63, 3.8) is 0 Å². The average molecular weight is 221 g/mol. The Hall–Kier alpha value is -1.29. The van der Waals surface area contributed by atoms with E-state index in [2.05, 4.69) is 22.1 Å². The average Bonchev–Trinajstić information content (AvgIpc) is 2.83. The van der Waals surface area contributed by atoms with Crippen molar-refractivity contribution in [2.75, 3.05) is 19.6 Å². The zero-order valence-electron chi connectivity index (χ0n) is 9.70. The number of aromatic nitrogens is 1. The number of carbonyl (C=O) groups excluding carboxylic acids is 1. The summed E-state index contributed by atoms with van der Waals surface area (Å²) in [5.41, 5.74) is 0.651. The van der Waals surface area contributed by atoms with Gasteiger partial charge >= 0.3 is 0 Å². The van der Waals surface area contributed by atoms with Crippen molar-refractivity contribution in [2.45, 2.75) is 25.8 Å². The molecule has 1 aliphatic heterocycles. The van der Waals surface area contributed by atoms with Gasteiger partial charge in [-0.05, 0) is 31.5 Å². The van der Waals surface area contributed by atoms with Crippen molar-refractivity contribution in [1.29, 1.82) is 0 Å². The van der Waals surface area contributed by atoms with Crippen LogP contribution in [-0.2, 0) is 0 Å². The Morgan fingerprint density at radius 2 is 2.31 bits per heavy atom. The normalized spacial score (nSPS) is 18.6. The maximum atomic E-state index is 11.8. The van der Waals surface area contributed by atoms with Gasteiger partial charge in [-0.3, -0.25) is 4.79 Å². The minimum absolute atomic E-state index is 0.0138. The Morgan fingerprint density at radius 1 is 1.56 bits per heavy atom. The van der Waals surface area contributed by atoms with Gasteiger partial charge < -0.3 is 15.2 Å². The highest BCUT2D eigenvalue weighted by molar-refractivity contribution is 5.92. The number of H-pyrrole nitrogens is 1. The molecule has 2 rings (SSSR count). The first-order chi connectivity index (χ1) is 7.79. The molecule has 0 aromatic carbocycles. The van der Waals surface area contributed by atoms with E-state index in [1.165, 1.54) is 0 Å². The predicted octanol–water partition coefficient (Wildman–Crippen LogP) is 1.23. The lowest BCUT2D eigenvalue weighted by Crippen LogP contribution is -2.44. The molecule has 0 unspecified atom stereocenters. The van der Waals surface area contributed by atoms with E-state index in [4.69, 9.17) is 0 Å². The Morgan fingerprint density at radius 3 is 2.88 bits per heavy atom. The highest BCUT2D eigenvalue weighted by atomic mass is 16.1. The highest BCUT2D eigenvalue weighted by Gasteiger charge is 2.20. The molecular weight excluding hydrogens is 202 g/mol. The van der Waals surface area contributed by atoms with Crippen molar-refractivity contribution >= 4 is 5.91 Å². The van der Waals surface area contributed by atoms with Crippen LogP contribution >= 0.6 is 0 Å². The topological polar surface area (TPSA) is 48.1 Å². The van der Waals surface area contributed by atoms with Crippen LogP contribution in [0.4, 0.5) is 0 Å². The third-order valence-corrected chi connectivity index (χ3v) is 3.21. The first-order valence-corrected chi connectivity index (χ1v) is 5.96. The van der Waals surface area contributed by atoms with Gasteiger partial charge in [-0.2, -0.15) is 0 Å². The van der Waals surface area contributed by atoms with Crippen LogP contribution in [0.15, 0.2) is 18.3 Å². The van der Waals surface area contributed by atoms with Crippen molar-refractivity contribution in [1.82, 2.24) is 15.2 Å². The quantitative estimate of drug-likeness (QED) is 0.806. The summed E-state index contributed by atoms with van der Waals surface area (Å²) in [6.07, 6.45) is 3.88. The molecule has 4 nitrogen and oxygen atoms in total. The number of likely N-dealkylation sites (tertiary alicyclic amines) is 1. The van der Waals surface area contributed by atoms with E-state index in [1.54, 1.807) is 12.3 Å². The number of rotatable bonds is 3. The number of hydrogen-bond acceptors (Lipinski definition) is 2. The van der Waals surface area contributed by atoms with Crippen LogP contribution in [0, 0.1) is 0 Å². The van der Waals surface area contributed by atoms with Crippen LogP contribution in [-0.4, -0.2) is 41.5 Å². The van der Waals surface area contributed by atoms with Crippen LogP contribution < -0.4 is 5.32 Å². The van der Waals surface area contributed by atoms with Gasteiger partial charge in [-0.1, -0.05) is 6.92 Å². The molecule has 2 N–H and O–H groups in total. The van der Waals surface area contributed by atoms with E-state index in [-0.39, 0.29) is 5.91 Å². The minimum atomic E-state index is 0.0138. The molecule has 1 aromatic heterocycles. The van der Waals surface area contributed by atoms with E-state index >= 15 is 0 Å². The standard InChI is InChI=1S/C12H19N3O/c1-2-15-8-5-10(6-9-15)14-12(16)11-4-3-7-13-11/h3-4,7,10,13H,2,5-6,8-9H2,1H3,(H,14,16). The van der Waals surface area contributed by atoms with E-state index in [0.717, 1.165) is 32.5 Å². The third-order valence-electron chi connectivity index (χ3n) is 3.21. The van der Waals surface area contributed by atoms with Crippen molar-refractivity contribution in [3.05, 3.63) is 24.0 Å². The number of aromatic amines is 1. The van der Waals surface area contributed by atoms with Crippen molar-refractivity contribution in [2.24, 2.45) is 0 Å². The molecule has 2 heterocycles. The molecule has 0 spiro atoms. The molecule has 0 radical (unpaired) electrons. The molecule has 1 aromatic rings. The lowest BCUT2D eigenvalue weighted by Gasteiger charge is -2.31. The molecular formula is C12H19N3O. The second-order valence-corrected chi connectivity index (χ2v) is 4.27. The summed E-state index contributed by atoms with van der Waals surface area (Å²) >= 11 is 0. The fourth-order valence-electron chi connectivity index (χ4n) is 2.13. The molecule has 1 saturated heterocycles. The zero-order chi connectivity index (χ0) is 11.4. The number of nitrogens with one attached hydrogen (secondary N) is 2. The van der Waals surface area contributed by atoms with E-state index in [0.29, 0.717) is 11.7 Å². The molecule has 16 heavy (non-hydrogen) atoms. The Balaban J connectivity index is 1.81. The predicted molar refractivity (Wildman–Crippen MR) is 63.4 cm³/mol. The molecule has 0 saturated carbocycles. The van der Waals surface area contributed by atoms with Crippen molar-refractivity contribution < 1.29 is 4.79 Å². The van der Waals surface area contributed by atoms with Gasteiger partial charge in [-0.25, -0.2) is 0 Å². The van der Waals surface area contributed by atoms with Gasteiger partial charge in [-0.15, -0.1) is 0 Å². The van der Waals surface area contributed by atoms with Crippen molar-refractivity contribution in [3.8, 4) is 0 Å². The molecule has 0 aliphatic carbocycles. The Labute approximate surface area is 96.0 Å².